The van der Waals surface area contributed by atoms with Gasteiger partial charge in [0.1, 0.15) is 0 Å². The molecule has 1 amide bonds. The van der Waals surface area contributed by atoms with Crippen molar-refractivity contribution < 1.29 is 4.79 Å². The summed E-state index contributed by atoms with van der Waals surface area (Å²) in [4.78, 5) is 17.8. The van der Waals surface area contributed by atoms with Gasteiger partial charge in [-0.1, -0.05) is 43.7 Å². The monoisotopic (exact) mass is 358 g/mol. The maximum Gasteiger partial charge on any atom is 0.233 e. The molecule has 2 bridgehead atoms. The van der Waals surface area contributed by atoms with Gasteiger partial charge in [0.15, 0.2) is 0 Å². The lowest BCUT2D eigenvalue weighted by Gasteiger charge is -2.42. The van der Waals surface area contributed by atoms with Gasteiger partial charge in [-0.05, 0) is 48.8 Å². The van der Waals surface area contributed by atoms with Crippen molar-refractivity contribution in [1.29, 1.82) is 0 Å². The highest BCUT2D eigenvalue weighted by Gasteiger charge is 2.61. The summed E-state index contributed by atoms with van der Waals surface area (Å²) in [6, 6.07) is 7.97. The Balaban J connectivity index is 1.46. The molecule has 3 aliphatic rings. The van der Waals surface area contributed by atoms with Crippen LogP contribution in [0.3, 0.4) is 0 Å². The minimum absolute atomic E-state index is 0.108. The van der Waals surface area contributed by atoms with Crippen LogP contribution in [0, 0.1) is 16.7 Å². The van der Waals surface area contributed by atoms with E-state index in [-0.39, 0.29) is 10.8 Å². The van der Waals surface area contributed by atoms with E-state index in [1.54, 1.807) is 0 Å². The number of carbonyl (C=O) groups excluding carboxylic acids is 1. The van der Waals surface area contributed by atoms with Gasteiger partial charge in [-0.3, -0.25) is 4.79 Å². The first-order valence-corrected chi connectivity index (χ1v) is 9.72. The summed E-state index contributed by atoms with van der Waals surface area (Å²) in [7, 11) is 0. The largest absolute Gasteiger partial charge is 0.368 e. The third-order valence-corrected chi connectivity index (χ3v) is 7.28. The predicted molar refractivity (Wildman–Crippen MR) is 103 cm³/mol. The van der Waals surface area contributed by atoms with Crippen LogP contribution in [0.4, 0.5) is 5.69 Å². The molecule has 1 heterocycles. The highest BCUT2D eigenvalue weighted by atomic mass is 35.5. The van der Waals surface area contributed by atoms with Crippen LogP contribution in [0.2, 0.25) is 5.02 Å². The van der Waals surface area contributed by atoms with E-state index in [0.717, 1.165) is 49.7 Å². The highest BCUT2D eigenvalue weighted by molar-refractivity contribution is 6.30. The molecule has 0 radical (unpaired) electrons. The van der Waals surface area contributed by atoms with Crippen LogP contribution in [0.1, 0.15) is 33.1 Å². The van der Waals surface area contributed by atoms with Gasteiger partial charge < -0.3 is 9.80 Å². The van der Waals surface area contributed by atoms with Crippen LogP contribution in [-0.2, 0) is 4.79 Å². The molecule has 0 unspecified atom stereocenters. The van der Waals surface area contributed by atoms with E-state index >= 15 is 0 Å². The smallest absolute Gasteiger partial charge is 0.233 e. The summed E-state index contributed by atoms with van der Waals surface area (Å²) < 4.78 is 0. The van der Waals surface area contributed by atoms with E-state index in [4.69, 9.17) is 11.6 Å². The minimum Gasteiger partial charge on any atom is -0.368 e. The van der Waals surface area contributed by atoms with Crippen molar-refractivity contribution >= 4 is 23.2 Å². The van der Waals surface area contributed by atoms with Gasteiger partial charge in [-0.25, -0.2) is 0 Å². The van der Waals surface area contributed by atoms with Crippen molar-refractivity contribution in [2.75, 3.05) is 31.1 Å². The van der Waals surface area contributed by atoms with Crippen LogP contribution in [0.5, 0.6) is 0 Å². The third kappa shape index (κ3) is 2.51. The van der Waals surface area contributed by atoms with Crippen LogP contribution in [0.15, 0.2) is 36.4 Å². The summed E-state index contributed by atoms with van der Waals surface area (Å²) in [6.07, 6.45) is 3.17. The Hall–Kier alpha value is -1.48. The van der Waals surface area contributed by atoms with Gasteiger partial charge in [-0.15, -0.1) is 0 Å². The molecule has 3 fully saturated rings. The first-order chi connectivity index (χ1) is 11.8. The van der Waals surface area contributed by atoms with Crippen molar-refractivity contribution in [2.45, 2.75) is 33.1 Å². The molecule has 3 nitrogen and oxygen atoms in total. The zero-order chi connectivity index (χ0) is 17.8. The Morgan fingerprint density at radius 3 is 2.56 bits per heavy atom. The third-order valence-electron chi connectivity index (χ3n) is 7.04. The molecule has 2 saturated carbocycles. The van der Waals surface area contributed by atoms with Crippen molar-refractivity contribution in [1.82, 2.24) is 4.90 Å². The number of hydrogen-bond acceptors (Lipinski definition) is 2. The van der Waals surface area contributed by atoms with Gasteiger partial charge in [0.25, 0.3) is 0 Å². The van der Waals surface area contributed by atoms with Crippen LogP contribution >= 0.6 is 11.6 Å². The number of fused-ring (bicyclic) bond motifs is 2. The van der Waals surface area contributed by atoms with Crippen molar-refractivity contribution in [2.24, 2.45) is 16.7 Å². The molecular weight excluding hydrogens is 332 g/mol. The molecule has 134 valence electrons. The average Bonchev–Trinajstić information content (AvgIpc) is 3.14. The fraction of sp³-hybridized carbons (Fsp3) is 0.571. The van der Waals surface area contributed by atoms with E-state index in [2.05, 4.69) is 36.3 Å². The Morgan fingerprint density at radius 2 is 1.96 bits per heavy atom. The first kappa shape index (κ1) is 17.0. The zero-order valence-electron chi connectivity index (χ0n) is 15.2. The molecule has 2 atom stereocenters. The Morgan fingerprint density at radius 1 is 1.24 bits per heavy atom. The summed E-state index contributed by atoms with van der Waals surface area (Å²) >= 11 is 6.11. The molecular formula is C21H27ClN2O. The summed E-state index contributed by atoms with van der Waals surface area (Å²) in [5.41, 5.74) is 2.15. The highest BCUT2D eigenvalue weighted by Crippen LogP contribution is 2.65. The minimum atomic E-state index is -0.285. The number of anilines is 1. The number of piperazine rings is 1. The zero-order valence-corrected chi connectivity index (χ0v) is 16.0. The SMILES string of the molecule is C=C1C(C)(C)[C@@H]2CC[C@]1(C(=O)N1CCN(c3cccc(Cl)c3)CC1)C2. The van der Waals surface area contributed by atoms with E-state index in [9.17, 15) is 4.79 Å². The molecule has 1 aromatic rings. The molecule has 4 heteroatoms. The van der Waals surface area contributed by atoms with E-state index < -0.39 is 0 Å². The molecule has 25 heavy (non-hydrogen) atoms. The Labute approximate surface area is 155 Å². The topological polar surface area (TPSA) is 23.6 Å². The van der Waals surface area contributed by atoms with E-state index in [1.807, 2.05) is 18.2 Å². The van der Waals surface area contributed by atoms with Crippen LogP contribution in [0.25, 0.3) is 0 Å². The second-order valence-electron chi connectivity index (χ2n) is 8.48. The van der Waals surface area contributed by atoms with Gasteiger partial charge in [0, 0.05) is 36.9 Å². The van der Waals surface area contributed by atoms with E-state index in [1.165, 1.54) is 12.0 Å². The van der Waals surface area contributed by atoms with Gasteiger partial charge in [-0.2, -0.15) is 0 Å². The lowest BCUT2D eigenvalue weighted by Crippen LogP contribution is -2.53. The lowest BCUT2D eigenvalue weighted by atomic mass is 9.68. The first-order valence-electron chi connectivity index (χ1n) is 9.34. The quantitative estimate of drug-likeness (QED) is 0.733. The van der Waals surface area contributed by atoms with Gasteiger partial charge in [0.05, 0.1) is 5.41 Å². The van der Waals surface area contributed by atoms with Crippen molar-refractivity contribution in [3.8, 4) is 0 Å². The lowest BCUT2D eigenvalue weighted by molar-refractivity contribution is -0.140. The number of hydrogen-bond donors (Lipinski definition) is 0. The molecule has 1 aromatic carbocycles. The number of halogens is 1. The second-order valence-corrected chi connectivity index (χ2v) is 8.92. The Bertz CT molecular complexity index is 720. The number of carbonyl (C=O) groups is 1. The number of amides is 1. The standard InChI is InChI=1S/C21H27ClN2O/c1-15-20(2,3)16-7-8-21(15,14-16)19(25)24-11-9-23(10-12-24)18-6-4-5-17(22)13-18/h4-6,13,16H,1,7-12,14H2,2-3H3/t16-,21+/m1/s1. The molecule has 2 aliphatic carbocycles. The number of benzene rings is 1. The van der Waals surface area contributed by atoms with Crippen LogP contribution < -0.4 is 4.90 Å². The molecule has 0 aromatic heterocycles. The van der Waals surface area contributed by atoms with Gasteiger partial charge >= 0.3 is 0 Å². The summed E-state index contributed by atoms with van der Waals surface area (Å²) in [6.45, 7) is 12.2. The Kier molecular flexibility index (Phi) is 3.91. The molecule has 1 aliphatic heterocycles. The number of nitrogens with zero attached hydrogens (tertiary/aromatic N) is 2. The summed E-state index contributed by atoms with van der Waals surface area (Å²) in [5, 5.41) is 0.761. The molecule has 1 saturated heterocycles. The average molecular weight is 359 g/mol. The fourth-order valence-corrected chi connectivity index (χ4v) is 5.45. The maximum absolute atomic E-state index is 13.4. The van der Waals surface area contributed by atoms with Crippen molar-refractivity contribution in [3.05, 3.63) is 41.4 Å². The van der Waals surface area contributed by atoms with E-state index in [0.29, 0.717) is 11.8 Å². The predicted octanol–water partition coefficient (Wildman–Crippen LogP) is 4.37. The van der Waals surface area contributed by atoms with Gasteiger partial charge in [0.2, 0.25) is 5.91 Å². The van der Waals surface area contributed by atoms with Crippen molar-refractivity contribution in [3.63, 3.8) is 0 Å². The van der Waals surface area contributed by atoms with Crippen LogP contribution in [-0.4, -0.2) is 37.0 Å². The summed E-state index contributed by atoms with van der Waals surface area (Å²) in [5.74, 6) is 0.952. The second kappa shape index (κ2) is 5.77. The number of rotatable bonds is 2. The molecule has 4 rings (SSSR count). The molecule has 0 spiro atoms. The fourth-order valence-electron chi connectivity index (χ4n) is 5.27. The normalized spacial score (nSPS) is 30.8. The molecule has 0 N–H and O–H groups in total. The maximum atomic E-state index is 13.4.